The van der Waals surface area contributed by atoms with Crippen molar-refractivity contribution in [1.29, 1.82) is 0 Å². The molecule has 0 aliphatic carbocycles. The number of aromatic nitrogens is 4. The van der Waals surface area contributed by atoms with Gasteiger partial charge in [-0.1, -0.05) is 12.1 Å². The Labute approximate surface area is 122 Å². The van der Waals surface area contributed by atoms with Gasteiger partial charge in [-0.15, -0.1) is 5.10 Å². The highest BCUT2D eigenvalue weighted by atomic mass is 16.5. The number of morpholine rings is 1. The van der Waals surface area contributed by atoms with Crippen molar-refractivity contribution < 1.29 is 9.64 Å². The minimum Gasteiger partial charge on any atom is -0.370 e. The first-order valence-electron chi connectivity index (χ1n) is 7.55. The summed E-state index contributed by atoms with van der Waals surface area (Å²) < 4.78 is 9.67. The van der Waals surface area contributed by atoms with E-state index in [4.69, 9.17) is 4.74 Å². The molecule has 3 heterocycles. The average molecular weight is 286 g/mol. The fraction of sp³-hybridized carbons (Fsp3) is 0.467. The number of imidazole rings is 1. The highest BCUT2D eigenvalue weighted by Gasteiger charge is 2.17. The zero-order chi connectivity index (χ0) is 14.2. The third kappa shape index (κ3) is 2.20. The number of nitrogens with zero attached hydrogens (tertiary/aromatic N) is 4. The number of ether oxygens (including phenoxy) is 1. The molecule has 1 N–H and O–H groups in total. The molecule has 1 aliphatic rings. The molecule has 0 amide bonds. The number of hydrogen-bond donors (Lipinski definition) is 1. The number of aryl methyl sites for hydroxylation is 1. The molecule has 110 valence electrons. The summed E-state index contributed by atoms with van der Waals surface area (Å²) in [5.74, 6) is 1.77. The molecule has 6 nitrogen and oxygen atoms in total. The quantitative estimate of drug-likeness (QED) is 0.732. The van der Waals surface area contributed by atoms with Gasteiger partial charge in [-0.25, -0.2) is 0 Å². The Kier molecular flexibility index (Phi) is 3.12. The van der Waals surface area contributed by atoms with Gasteiger partial charge in [0.25, 0.3) is 0 Å². The van der Waals surface area contributed by atoms with Crippen molar-refractivity contribution in [3.63, 3.8) is 0 Å². The van der Waals surface area contributed by atoms with Crippen molar-refractivity contribution in [2.45, 2.75) is 13.5 Å². The second-order valence-corrected chi connectivity index (χ2v) is 5.62. The molecule has 4 rings (SSSR count). The van der Waals surface area contributed by atoms with Crippen molar-refractivity contribution in [3.8, 4) is 0 Å². The second-order valence-electron chi connectivity index (χ2n) is 5.62. The summed E-state index contributed by atoms with van der Waals surface area (Å²) in [5.41, 5.74) is 2.34. The van der Waals surface area contributed by atoms with Gasteiger partial charge in [-0.05, 0) is 19.1 Å². The third-order valence-electron chi connectivity index (χ3n) is 4.23. The van der Waals surface area contributed by atoms with E-state index in [1.54, 1.807) is 4.90 Å². The van der Waals surface area contributed by atoms with Crippen LogP contribution in [0, 0.1) is 6.92 Å². The molecular formula is C15H20N5O+. The molecule has 1 fully saturated rings. The van der Waals surface area contributed by atoms with Crippen LogP contribution in [0.5, 0.6) is 0 Å². The van der Waals surface area contributed by atoms with Gasteiger partial charge < -0.3 is 14.2 Å². The predicted octanol–water partition coefficient (Wildman–Crippen LogP) is -0.0925. The molecule has 1 saturated heterocycles. The van der Waals surface area contributed by atoms with E-state index in [0.29, 0.717) is 0 Å². The molecule has 1 aliphatic heterocycles. The lowest BCUT2D eigenvalue weighted by atomic mass is 10.3. The number of benzene rings is 1. The van der Waals surface area contributed by atoms with Gasteiger partial charge in [0, 0.05) is 0 Å². The molecule has 0 spiro atoms. The van der Waals surface area contributed by atoms with Crippen molar-refractivity contribution in [1.82, 2.24) is 19.2 Å². The molecule has 1 aromatic carbocycles. The highest BCUT2D eigenvalue weighted by molar-refractivity contribution is 5.80. The normalized spacial score (nSPS) is 17.0. The van der Waals surface area contributed by atoms with Crippen LogP contribution in [0.3, 0.4) is 0 Å². The molecule has 2 aromatic heterocycles. The van der Waals surface area contributed by atoms with E-state index in [1.807, 2.05) is 11.4 Å². The molecule has 0 saturated carbocycles. The van der Waals surface area contributed by atoms with Gasteiger partial charge in [0.1, 0.15) is 18.9 Å². The van der Waals surface area contributed by atoms with E-state index in [0.717, 1.165) is 56.5 Å². The van der Waals surface area contributed by atoms with Gasteiger partial charge in [0.05, 0.1) is 37.3 Å². The van der Waals surface area contributed by atoms with Crippen LogP contribution in [-0.2, 0) is 11.3 Å². The molecule has 0 unspecified atom stereocenters. The Morgan fingerprint density at radius 1 is 1.19 bits per heavy atom. The maximum Gasteiger partial charge on any atom is 0.233 e. The van der Waals surface area contributed by atoms with Crippen molar-refractivity contribution in [2.75, 3.05) is 32.8 Å². The minimum absolute atomic E-state index is 0.822. The van der Waals surface area contributed by atoms with Crippen LogP contribution < -0.4 is 4.90 Å². The zero-order valence-electron chi connectivity index (χ0n) is 12.2. The van der Waals surface area contributed by atoms with Gasteiger partial charge in [0.2, 0.25) is 5.78 Å². The van der Waals surface area contributed by atoms with E-state index in [-0.39, 0.29) is 0 Å². The minimum atomic E-state index is 0.822. The summed E-state index contributed by atoms with van der Waals surface area (Å²) in [5, 5.41) is 4.51. The lowest BCUT2D eigenvalue weighted by Gasteiger charge is -2.23. The first-order chi connectivity index (χ1) is 10.3. The highest BCUT2D eigenvalue weighted by Crippen LogP contribution is 2.18. The summed E-state index contributed by atoms with van der Waals surface area (Å²) in [7, 11) is 0. The van der Waals surface area contributed by atoms with Crippen molar-refractivity contribution in [3.05, 3.63) is 30.1 Å². The van der Waals surface area contributed by atoms with Crippen LogP contribution in [0.15, 0.2) is 24.3 Å². The van der Waals surface area contributed by atoms with Crippen LogP contribution in [0.4, 0.5) is 0 Å². The lowest BCUT2D eigenvalue weighted by molar-refractivity contribution is -0.908. The second kappa shape index (κ2) is 5.13. The van der Waals surface area contributed by atoms with Crippen LogP contribution >= 0.6 is 0 Å². The van der Waals surface area contributed by atoms with Gasteiger partial charge in [0.15, 0.2) is 0 Å². The SMILES string of the molecule is Cc1nc2n(CC[NH+]3CCOCC3)c3ccccc3n2n1. The molecule has 0 radical (unpaired) electrons. The third-order valence-corrected chi connectivity index (χ3v) is 4.23. The number of quaternary nitrogens is 1. The summed E-state index contributed by atoms with van der Waals surface area (Å²) in [6.45, 7) is 7.96. The Morgan fingerprint density at radius 2 is 1.95 bits per heavy atom. The Bertz CT molecular complexity index is 769. The van der Waals surface area contributed by atoms with Gasteiger partial charge >= 0.3 is 0 Å². The Morgan fingerprint density at radius 3 is 2.76 bits per heavy atom. The number of fused-ring (bicyclic) bond motifs is 3. The molecule has 21 heavy (non-hydrogen) atoms. The summed E-state index contributed by atoms with van der Waals surface area (Å²) in [6, 6.07) is 8.38. The topological polar surface area (TPSA) is 48.8 Å². The standard InChI is InChI=1S/C15H19N5O/c1-12-16-15-19(7-6-18-8-10-21-11-9-18)13-4-2-3-5-14(13)20(15)17-12/h2-5H,6-11H2,1H3/p+1. The number of hydrogen-bond acceptors (Lipinski definition) is 3. The fourth-order valence-corrected chi connectivity index (χ4v) is 3.12. The van der Waals surface area contributed by atoms with Crippen molar-refractivity contribution >= 4 is 16.8 Å². The van der Waals surface area contributed by atoms with Crippen LogP contribution in [0.1, 0.15) is 5.82 Å². The Balaban J connectivity index is 1.71. The number of nitrogens with one attached hydrogen (secondary N) is 1. The van der Waals surface area contributed by atoms with Crippen LogP contribution in [0.25, 0.3) is 16.8 Å². The molecule has 6 heteroatoms. The molecular weight excluding hydrogens is 266 g/mol. The largest absolute Gasteiger partial charge is 0.370 e. The summed E-state index contributed by atoms with van der Waals surface area (Å²) >= 11 is 0. The van der Waals surface area contributed by atoms with E-state index >= 15 is 0 Å². The lowest BCUT2D eigenvalue weighted by Crippen LogP contribution is -3.14. The first kappa shape index (κ1) is 12.8. The maximum atomic E-state index is 5.43. The first-order valence-corrected chi connectivity index (χ1v) is 7.55. The van der Waals surface area contributed by atoms with Crippen LogP contribution in [-0.4, -0.2) is 52.0 Å². The zero-order valence-corrected chi connectivity index (χ0v) is 12.2. The van der Waals surface area contributed by atoms with Crippen LogP contribution in [0.2, 0.25) is 0 Å². The smallest absolute Gasteiger partial charge is 0.233 e. The van der Waals surface area contributed by atoms with Gasteiger partial charge in [-0.3, -0.25) is 0 Å². The average Bonchev–Trinajstić information content (AvgIpc) is 3.02. The summed E-state index contributed by atoms with van der Waals surface area (Å²) in [4.78, 5) is 6.20. The maximum absolute atomic E-state index is 5.43. The van der Waals surface area contributed by atoms with E-state index in [2.05, 4.69) is 38.9 Å². The predicted molar refractivity (Wildman–Crippen MR) is 79.6 cm³/mol. The number of para-hydroxylation sites is 2. The summed E-state index contributed by atoms with van der Waals surface area (Å²) in [6.07, 6.45) is 0. The van der Waals surface area contributed by atoms with E-state index in [9.17, 15) is 0 Å². The Hall–Kier alpha value is -1.92. The fourth-order valence-electron chi connectivity index (χ4n) is 3.12. The molecule has 0 bridgehead atoms. The monoisotopic (exact) mass is 286 g/mol. The van der Waals surface area contributed by atoms with E-state index < -0.39 is 0 Å². The molecule has 3 aromatic rings. The van der Waals surface area contributed by atoms with Crippen molar-refractivity contribution in [2.24, 2.45) is 0 Å². The van der Waals surface area contributed by atoms with E-state index in [1.165, 1.54) is 5.52 Å². The van der Waals surface area contributed by atoms with Gasteiger partial charge in [-0.2, -0.15) is 9.50 Å². The molecule has 0 atom stereocenters. The number of rotatable bonds is 3.